The van der Waals surface area contributed by atoms with Crippen molar-refractivity contribution in [2.75, 3.05) is 22.1 Å². The molecule has 0 spiro atoms. The SMILES string of the molecule is Cc1ccc2c(c1)N(c1ccc(NCc3nccn3C(c3ccccc3)(c3ccccc3)c3ccccc3)cc1)C(=O)N(CC(=O)Nc1cccc3ccccc13)N=C2C1CCCCC1. The number of anilines is 4. The molecule has 0 saturated heterocycles. The molecule has 7 aromatic carbocycles. The lowest BCUT2D eigenvalue weighted by Crippen LogP contribution is -2.41. The Balaban J connectivity index is 0.972. The van der Waals surface area contributed by atoms with Gasteiger partial charge in [0, 0.05) is 40.6 Å². The number of urea groups is 1. The largest absolute Gasteiger partial charge is 0.378 e. The van der Waals surface area contributed by atoms with Gasteiger partial charge in [0.25, 0.3) is 0 Å². The van der Waals surface area contributed by atoms with Crippen molar-refractivity contribution in [3.8, 4) is 0 Å². The number of nitrogens with one attached hydrogen (secondary N) is 2. The summed E-state index contributed by atoms with van der Waals surface area (Å²) in [6.45, 7) is 2.23. The minimum absolute atomic E-state index is 0.171. The van der Waals surface area contributed by atoms with Gasteiger partial charge in [-0.25, -0.2) is 14.8 Å². The first-order valence-corrected chi connectivity index (χ1v) is 22.6. The number of imidazole rings is 1. The molecule has 0 radical (unpaired) electrons. The molecule has 322 valence electrons. The molecule has 10 rings (SSSR count). The molecule has 0 bridgehead atoms. The zero-order chi connectivity index (χ0) is 44.2. The van der Waals surface area contributed by atoms with Gasteiger partial charge < -0.3 is 15.2 Å². The number of hydrogen-bond acceptors (Lipinski definition) is 5. The van der Waals surface area contributed by atoms with E-state index in [1.54, 1.807) is 4.90 Å². The molecule has 1 saturated carbocycles. The van der Waals surface area contributed by atoms with Gasteiger partial charge in [-0.15, -0.1) is 0 Å². The third-order valence-electron chi connectivity index (χ3n) is 12.9. The number of aromatic nitrogens is 2. The Morgan fingerprint density at radius 3 is 2.02 bits per heavy atom. The van der Waals surface area contributed by atoms with Crippen molar-refractivity contribution in [2.24, 2.45) is 11.0 Å². The number of carbonyl (C=O) groups is 2. The van der Waals surface area contributed by atoms with Gasteiger partial charge in [0.15, 0.2) is 0 Å². The van der Waals surface area contributed by atoms with Gasteiger partial charge in [0.2, 0.25) is 5.91 Å². The molecule has 0 atom stereocenters. The topological polar surface area (TPSA) is 94.9 Å². The first-order valence-electron chi connectivity index (χ1n) is 22.6. The molecule has 1 aromatic heterocycles. The number of hydrazone groups is 1. The molecule has 2 heterocycles. The number of nitrogens with zero attached hydrogens (tertiary/aromatic N) is 5. The summed E-state index contributed by atoms with van der Waals surface area (Å²) in [7, 11) is 0. The van der Waals surface area contributed by atoms with Crippen LogP contribution in [0.5, 0.6) is 0 Å². The molecule has 1 fully saturated rings. The molecule has 65 heavy (non-hydrogen) atoms. The van der Waals surface area contributed by atoms with E-state index in [0.717, 1.165) is 87.2 Å². The van der Waals surface area contributed by atoms with Crippen molar-refractivity contribution in [1.82, 2.24) is 14.6 Å². The van der Waals surface area contributed by atoms with E-state index in [4.69, 9.17) is 10.1 Å². The molecular weight excluding hydrogens is 803 g/mol. The van der Waals surface area contributed by atoms with E-state index in [1.807, 2.05) is 98.0 Å². The third-order valence-corrected chi connectivity index (χ3v) is 12.9. The van der Waals surface area contributed by atoms with Gasteiger partial charge in [0.05, 0.1) is 23.6 Å². The quantitative estimate of drug-likeness (QED) is 0.120. The summed E-state index contributed by atoms with van der Waals surface area (Å²) in [6, 6.07) is 59.3. The smallest absolute Gasteiger partial charge is 0.350 e. The van der Waals surface area contributed by atoms with Gasteiger partial charge in [-0.05, 0) is 83.8 Å². The van der Waals surface area contributed by atoms with Crippen LogP contribution in [-0.2, 0) is 16.9 Å². The second-order valence-corrected chi connectivity index (χ2v) is 17.0. The fourth-order valence-corrected chi connectivity index (χ4v) is 9.81. The maximum atomic E-state index is 15.0. The van der Waals surface area contributed by atoms with Crippen molar-refractivity contribution in [3.63, 3.8) is 0 Å². The number of carbonyl (C=O) groups excluding carboxylic acids is 2. The molecule has 2 N–H and O–H groups in total. The molecule has 0 unspecified atom stereocenters. The number of hydrogen-bond donors (Lipinski definition) is 2. The van der Waals surface area contributed by atoms with E-state index in [9.17, 15) is 4.79 Å². The Kier molecular flexibility index (Phi) is 11.5. The molecule has 3 amide bonds. The summed E-state index contributed by atoms with van der Waals surface area (Å²) >= 11 is 0. The standard InChI is InChI=1S/C56H51N7O2/c1-40-29-34-49-51(37-40)63(55(65)62(60-54(49)42-18-6-2-7-19-42)39-53(64)59-50-28-16-20-41-17-14-15-27-48(41)50)47-32-30-46(31-33-47)58-38-52-57-35-36-61(52)56(43-21-8-3-9-22-43,44-23-10-4-11-24-44)45-25-12-5-13-26-45/h3-5,8-17,20-37,42,58H,2,6-7,18-19,38-39H2,1H3,(H,59,64). The first kappa shape index (κ1) is 41.2. The first-order chi connectivity index (χ1) is 32.0. The van der Waals surface area contributed by atoms with E-state index in [1.165, 1.54) is 11.4 Å². The summed E-state index contributed by atoms with van der Waals surface area (Å²) in [5.41, 5.74) is 8.46. The van der Waals surface area contributed by atoms with E-state index in [-0.39, 0.29) is 18.4 Å². The van der Waals surface area contributed by atoms with Crippen LogP contribution in [0.25, 0.3) is 10.8 Å². The lowest BCUT2D eigenvalue weighted by atomic mass is 9.76. The second kappa shape index (κ2) is 18.1. The number of aryl methyl sites for hydroxylation is 1. The van der Waals surface area contributed by atoms with E-state index in [0.29, 0.717) is 17.9 Å². The maximum absolute atomic E-state index is 15.0. The minimum atomic E-state index is -0.698. The van der Waals surface area contributed by atoms with Gasteiger partial charge >= 0.3 is 6.03 Å². The van der Waals surface area contributed by atoms with Crippen LogP contribution >= 0.6 is 0 Å². The lowest BCUT2D eigenvalue weighted by Gasteiger charge is -2.38. The number of amides is 3. The molecule has 9 heteroatoms. The molecule has 9 nitrogen and oxygen atoms in total. The molecule has 8 aromatic rings. The Hall–Kier alpha value is -7.78. The van der Waals surface area contributed by atoms with Gasteiger partial charge in [0.1, 0.15) is 17.9 Å². The highest BCUT2D eigenvalue weighted by atomic mass is 16.2. The summed E-state index contributed by atoms with van der Waals surface area (Å²) in [6.07, 6.45) is 9.29. The van der Waals surface area contributed by atoms with E-state index >= 15 is 4.79 Å². The van der Waals surface area contributed by atoms with Crippen molar-refractivity contribution >= 4 is 51.2 Å². The number of rotatable bonds is 12. The Morgan fingerprint density at radius 2 is 1.34 bits per heavy atom. The number of benzene rings is 7. The van der Waals surface area contributed by atoms with Crippen LogP contribution in [-0.4, -0.2) is 38.8 Å². The molecular formula is C56H51N7O2. The molecule has 2 aliphatic rings. The van der Waals surface area contributed by atoms with Gasteiger partial charge in [-0.3, -0.25) is 9.69 Å². The molecule has 1 aliphatic carbocycles. The highest BCUT2D eigenvalue weighted by Crippen LogP contribution is 2.42. The third kappa shape index (κ3) is 8.06. The predicted octanol–water partition coefficient (Wildman–Crippen LogP) is 12.3. The summed E-state index contributed by atoms with van der Waals surface area (Å²) in [4.78, 5) is 35.7. The highest BCUT2D eigenvalue weighted by molar-refractivity contribution is 6.15. The fraction of sp³-hybridized carbons (Fsp3) is 0.179. The zero-order valence-electron chi connectivity index (χ0n) is 36.5. The zero-order valence-corrected chi connectivity index (χ0v) is 36.5. The average Bonchev–Trinajstić information content (AvgIpc) is 3.79. The Morgan fingerprint density at radius 1 is 0.708 bits per heavy atom. The van der Waals surface area contributed by atoms with Crippen LogP contribution in [0.2, 0.25) is 0 Å². The highest BCUT2D eigenvalue weighted by Gasteiger charge is 2.40. The van der Waals surface area contributed by atoms with Crippen LogP contribution < -0.4 is 15.5 Å². The van der Waals surface area contributed by atoms with Gasteiger partial charge in [-0.1, -0.05) is 159 Å². The van der Waals surface area contributed by atoms with Gasteiger partial charge in [-0.2, -0.15) is 5.10 Å². The molecule has 1 aliphatic heterocycles. The van der Waals surface area contributed by atoms with Crippen LogP contribution in [0.15, 0.2) is 193 Å². The predicted molar refractivity (Wildman–Crippen MR) is 262 cm³/mol. The van der Waals surface area contributed by atoms with Crippen LogP contribution in [0, 0.1) is 12.8 Å². The van der Waals surface area contributed by atoms with E-state index < -0.39 is 11.6 Å². The average molecular weight is 854 g/mol. The number of fused-ring (bicyclic) bond motifs is 2. The maximum Gasteiger partial charge on any atom is 0.350 e. The summed E-state index contributed by atoms with van der Waals surface area (Å²) in [5.74, 6) is 0.699. The van der Waals surface area contributed by atoms with Crippen LogP contribution in [0.3, 0.4) is 0 Å². The van der Waals surface area contributed by atoms with Crippen molar-refractivity contribution in [2.45, 2.75) is 51.1 Å². The van der Waals surface area contributed by atoms with Crippen molar-refractivity contribution < 1.29 is 9.59 Å². The van der Waals surface area contributed by atoms with Crippen molar-refractivity contribution in [1.29, 1.82) is 0 Å². The second-order valence-electron chi connectivity index (χ2n) is 17.0. The van der Waals surface area contributed by atoms with Crippen molar-refractivity contribution in [3.05, 3.63) is 222 Å². The Bertz CT molecular complexity index is 2880. The fourth-order valence-electron chi connectivity index (χ4n) is 9.81. The van der Waals surface area contributed by atoms with Crippen LogP contribution in [0.1, 0.15) is 65.7 Å². The monoisotopic (exact) mass is 853 g/mol. The normalized spacial score (nSPS) is 14.4. The lowest BCUT2D eigenvalue weighted by molar-refractivity contribution is -0.116. The van der Waals surface area contributed by atoms with Crippen LogP contribution in [0.4, 0.5) is 27.5 Å². The minimum Gasteiger partial charge on any atom is -0.378 e. The summed E-state index contributed by atoms with van der Waals surface area (Å²) < 4.78 is 2.28. The summed E-state index contributed by atoms with van der Waals surface area (Å²) in [5, 5.41) is 15.2. The van der Waals surface area contributed by atoms with E-state index in [2.05, 4.69) is 112 Å². The Labute approximate surface area is 380 Å².